The van der Waals surface area contributed by atoms with E-state index >= 15 is 0 Å². The van der Waals surface area contributed by atoms with Gasteiger partial charge in [-0.25, -0.2) is 4.79 Å². The average molecular weight is 338 g/mol. The fourth-order valence-corrected chi connectivity index (χ4v) is 2.65. The lowest BCUT2D eigenvalue weighted by Crippen LogP contribution is -2.07. The highest BCUT2D eigenvalue weighted by Gasteiger charge is 2.20. The summed E-state index contributed by atoms with van der Waals surface area (Å²) in [4.78, 5) is 12.1. The van der Waals surface area contributed by atoms with Crippen LogP contribution in [0.15, 0.2) is 16.7 Å². The highest BCUT2D eigenvalue weighted by Crippen LogP contribution is 2.38. The SMILES string of the molecule is Cc1noc(C)c1C(=O)OCc1cc(Cl)c2c(c1)OCCCO2. The normalized spacial score (nSPS) is 13.5. The highest BCUT2D eigenvalue weighted by molar-refractivity contribution is 6.32. The Morgan fingerprint density at radius 1 is 1.30 bits per heavy atom. The van der Waals surface area contributed by atoms with Gasteiger partial charge in [-0.05, 0) is 31.5 Å². The van der Waals surface area contributed by atoms with E-state index in [9.17, 15) is 4.79 Å². The van der Waals surface area contributed by atoms with Crippen LogP contribution in [0.4, 0.5) is 0 Å². The molecule has 0 unspecified atom stereocenters. The van der Waals surface area contributed by atoms with Crippen molar-refractivity contribution in [3.8, 4) is 11.5 Å². The van der Waals surface area contributed by atoms with Crippen molar-refractivity contribution in [2.24, 2.45) is 0 Å². The van der Waals surface area contributed by atoms with Crippen LogP contribution in [0.1, 0.15) is 33.8 Å². The van der Waals surface area contributed by atoms with Crippen molar-refractivity contribution in [1.82, 2.24) is 5.16 Å². The Bertz CT molecular complexity index is 721. The molecule has 0 saturated heterocycles. The number of rotatable bonds is 3. The summed E-state index contributed by atoms with van der Waals surface area (Å²) in [6, 6.07) is 3.48. The van der Waals surface area contributed by atoms with Crippen LogP contribution in [0.5, 0.6) is 11.5 Å². The van der Waals surface area contributed by atoms with Gasteiger partial charge in [-0.15, -0.1) is 0 Å². The number of esters is 1. The number of nitrogens with zero attached hydrogens (tertiary/aromatic N) is 1. The van der Waals surface area contributed by atoms with Crippen molar-refractivity contribution in [3.05, 3.63) is 39.7 Å². The Hall–Kier alpha value is -2.21. The quantitative estimate of drug-likeness (QED) is 0.799. The predicted molar refractivity (Wildman–Crippen MR) is 82.2 cm³/mol. The van der Waals surface area contributed by atoms with E-state index < -0.39 is 5.97 Å². The Morgan fingerprint density at radius 2 is 2.09 bits per heavy atom. The summed E-state index contributed by atoms with van der Waals surface area (Å²) in [7, 11) is 0. The van der Waals surface area contributed by atoms with Crippen molar-refractivity contribution in [1.29, 1.82) is 0 Å². The molecular formula is C16H16ClNO5. The molecule has 2 aromatic rings. The third-order valence-corrected chi connectivity index (χ3v) is 3.75. The molecular weight excluding hydrogens is 322 g/mol. The van der Waals surface area contributed by atoms with Crippen LogP contribution in [0.2, 0.25) is 5.02 Å². The van der Waals surface area contributed by atoms with Crippen LogP contribution in [0, 0.1) is 13.8 Å². The van der Waals surface area contributed by atoms with Gasteiger partial charge in [-0.3, -0.25) is 0 Å². The second kappa shape index (κ2) is 6.50. The molecule has 7 heteroatoms. The van der Waals surface area contributed by atoms with Crippen molar-refractivity contribution in [3.63, 3.8) is 0 Å². The topological polar surface area (TPSA) is 70.8 Å². The summed E-state index contributed by atoms with van der Waals surface area (Å²) in [5.41, 5.74) is 1.58. The Balaban J connectivity index is 1.75. The molecule has 23 heavy (non-hydrogen) atoms. The first-order valence-electron chi connectivity index (χ1n) is 7.24. The minimum absolute atomic E-state index is 0.0687. The van der Waals surface area contributed by atoms with Crippen molar-refractivity contribution in [2.75, 3.05) is 13.2 Å². The zero-order valence-electron chi connectivity index (χ0n) is 12.8. The van der Waals surface area contributed by atoms with Gasteiger partial charge in [0.05, 0.1) is 23.9 Å². The van der Waals surface area contributed by atoms with Crippen molar-refractivity contribution < 1.29 is 23.5 Å². The summed E-state index contributed by atoms with van der Waals surface area (Å²) in [6.07, 6.45) is 0.793. The smallest absolute Gasteiger partial charge is 0.344 e. The molecule has 0 N–H and O–H groups in total. The molecule has 1 aromatic carbocycles. The molecule has 2 heterocycles. The summed E-state index contributed by atoms with van der Waals surface area (Å²) < 4.78 is 21.5. The number of aryl methyl sites for hydroxylation is 2. The van der Waals surface area contributed by atoms with Gasteiger partial charge >= 0.3 is 5.97 Å². The van der Waals surface area contributed by atoms with Gasteiger partial charge < -0.3 is 18.7 Å². The molecule has 6 nitrogen and oxygen atoms in total. The predicted octanol–water partition coefficient (Wildman–Crippen LogP) is 3.46. The van der Waals surface area contributed by atoms with Crippen LogP contribution in [0.25, 0.3) is 0 Å². The number of ether oxygens (including phenoxy) is 3. The standard InChI is InChI=1S/C16H16ClNO5/c1-9-14(10(2)23-18-9)16(19)22-8-11-6-12(17)15-13(7-11)20-4-3-5-21-15/h6-7H,3-5,8H2,1-2H3. The zero-order valence-corrected chi connectivity index (χ0v) is 13.6. The fraction of sp³-hybridized carbons (Fsp3) is 0.375. The maximum Gasteiger partial charge on any atom is 0.344 e. The molecule has 0 bridgehead atoms. The lowest BCUT2D eigenvalue weighted by Gasteiger charge is -2.12. The Kier molecular flexibility index (Phi) is 4.43. The van der Waals surface area contributed by atoms with Gasteiger partial charge in [-0.1, -0.05) is 16.8 Å². The number of hydrogen-bond acceptors (Lipinski definition) is 6. The van der Waals surface area contributed by atoms with Gasteiger partial charge in [0.25, 0.3) is 0 Å². The minimum Gasteiger partial charge on any atom is -0.489 e. The van der Waals surface area contributed by atoms with Crippen LogP contribution >= 0.6 is 11.6 Å². The van der Waals surface area contributed by atoms with Crippen LogP contribution in [-0.2, 0) is 11.3 Å². The van der Waals surface area contributed by atoms with Crippen molar-refractivity contribution >= 4 is 17.6 Å². The van der Waals surface area contributed by atoms with Gasteiger partial charge in [0.1, 0.15) is 17.9 Å². The van der Waals surface area contributed by atoms with E-state index in [0.717, 1.165) is 12.0 Å². The Labute approximate surface area is 138 Å². The average Bonchev–Trinajstić information content (AvgIpc) is 2.73. The summed E-state index contributed by atoms with van der Waals surface area (Å²) >= 11 is 6.21. The Morgan fingerprint density at radius 3 is 2.83 bits per heavy atom. The number of hydrogen-bond donors (Lipinski definition) is 0. The molecule has 0 aliphatic carbocycles. The van der Waals surface area contributed by atoms with E-state index in [2.05, 4.69) is 5.16 Å². The lowest BCUT2D eigenvalue weighted by molar-refractivity contribution is 0.0469. The molecule has 0 fully saturated rings. The van der Waals surface area contributed by atoms with Gasteiger partial charge in [-0.2, -0.15) is 0 Å². The molecule has 1 aliphatic heterocycles. The van der Waals surface area contributed by atoms with E-state index in [-0.39, 0.29) is 6.61 Å². The number of benzene rings is 1. The molecule has 0 spiro atoms. The third-order valence-electron chi connectivity index (χ3n) is 3.47. The largest absolute Gasteiger partial charge is 0.489 e. The summed E-state index contributed by atoms with van der Waals surface area (Å²) in [5.74, 6) is 1.05. The number of fused-ring (bicyclic) bond motifs is 1. The maximum atomic E-state index is 12.1. The zero-order chi connectivity index (χ0) is 16.4. The molecule has 1 aromatic heterocycles. The van der Waals surface area contributed by atoms with E-state index in [1.807, 2.05) is 0 Å². The summed E-state index contributed by atoms with van der Waals surface area (Å²) in [6.45, 7) is 4.55. The van der Waals surface area contributed by atoms with Crippen LogP contribution < -0.4 is 9.47 Å². The maximum absolute atomic E-state index is 12.1. The second-order valence-electron chi connectivity index (χ2n) is 5.23. The number of halogens is 1. The van der Waals surface area contributed by atoms with Gasteiger partial charge in [0.15, 0.2) is 11.5 Å². The minimum atomic E-state index is -0.482. The lowest BCUT2D eigenvalue weighted by atomic mass is 10.2. The third kappa shape index (κ3) is 3.27. The highest BCUT2D eigenvalue weighted by atomic mass is 35.5. The number of aromatic nitrogens is 1. The van der Waals surface area contributed by atoms with E-state index in [0.29, 0.717) is 46.8 Å². The van der Waals surface area contributed by atoms with Crippen molar-refractivity contribution in [2.45, 2.75) is 26.9 Å². The first-order chi connectivity index (χ1) is 11.1. The first-order valence-corrected chi connectivity index (χ1v) is 7.62. The second-order valence-corrected chi connectivity index (χ2v) is 5.64. The molecule has 0 amide bonds. The van der Waals surface area contributed by atoms with Crippen LogP contribution in [-0.4, -0.2) is 24.3 Å². The molecule has 122 valence electrons. The van der Waals surface area contributed by atoms with Gasteiger partial charge in [0, 0.05) is 6.42 Å². The van der Waals surface area contributed by atoms with E-state index in [1.54, 1.807) is 26.0 Å². The summed E-state index contributed by atoms with van der Waals surface area (Å²) in [5, 5.41) is 4.18. The number of carbonyl (C=O) groups excluding carboxylic acids is 1. The number of carbonyl (C=O) groups is 1. The monoisotopic (exact) mass is 337 g/mol. The van der Waals surface area contributed by atoms with E-state index in [1.165, 1.54) is 0 Å². The first kappa shape index (κ1) is 15.7. The van der Waals surface area contributed by atoms with Gasteiger partial charge in [0.2, 0.25) is 0 Å². The van der Waals surface area contributed by atoms with E-state index in [4.69, 9.17) is 30.3 Å². The molecule has 0 radical (unpaired) electrons. The fourth-order valence-electron chi connectivity index (χ4n) is 2.36. The molecule has 0 atom stereocenters. The molecule has 3 rings (SSSR count). The van der Waals surface area contributed by atoms with Crippen LogP contribution in [0.3, 0.4) is 0 Å². The molecule has 0 saturated carbocycles. The molecule has 1 aliphatic rings.